The minimum absolute atomic E-state index is 0.0324. The summed E-state index contributed by atoms with van der Waals surface area (Å²) >= 11 is 3.14. The van der Waals surface area contributed by atoms with Gasteiger partial charge in [0.05, 0.1) is 18.3 Å². The van der Waals surface area contributed by atoms with Gasteiger partial charge in [-0.05, 0) is 76.7 Å². The van der Waals surface area contributed by atoms with Crippen LogP contribution in [0.2, 0.25) is 0 Å². The third kappa shape index (κ3) is 17.1. The number of hydrogen-bond donors (Lipinski definition) is 4. The quantitative estimate of drug-likeness (QED) is 0.0557. The van der Waals surface area contributed by atoms with Crippen LogP contribution in [0.15, 0.2) is 105 Å². The van der Waals surface area contributed by atoms with Crippen molar-refractivity contribution >= 4 is 69.3 Å². The number of aliphatic hydroxyl groups is 1. The molecule has 28 nitrogen and oxygen atoms in total. The highest BCUT2D eigenvalue weighted by Crippen LogP contribution is 2.20. The Balaban J connectivity index is 0.000000228. The molecule has 0 atom stereocenters. The van der Waals surface area contributed by atoms with E-state index < -0.39 is 24.6 Å². The zero-order valence-corrected chi connectivity index (χ0v) is 39.3. The summed E-state index contributed by atoms with van der Waals surface area (Å²) in [6.07, 6.45) is 17.1. The lowest BCUT2D eigenvalue weighted by molar-refractivity contribution is -0.390. The van der Waals surface area contributed by atoms with Gasteiger partial charge in [-0.3, -0.25) is 0 Å². The first kappa shape index (κ1) is 55.0. The summed E-state index contributed by atoms with van der Waals surface area (Å²) in [7, 11) is 5.03. The van der Waals surface area contributed by atoms with E-state index >= 15 is 0 Å². The number of H-pyrrole nitrogens is 3. The Bertz CT molecular complexity index is 2920. The lowest BCUT2D eigenvalue weighted by Crippen LogP contribution is -1.98. The minimum atomic E-state index is -0.619. The number of aliphatic hydroxyl groups excluding tert-OH is 1. The van der Waals surface area contributed by atoms with Crippen LogP contribution in [0.25, 0.3) is 24.3 Å². The fourth-order valence-electron chi connectivity index (χ4n) is 5.20. The normalized spacial score (nSPS) is 10.2. The Kier molecular flexibility index (Phi) is 21.9. The number of imidazole rings is 6. The summed E-state index contributed by atoms with van der Waals surface area (Å²) in [5.41, 5.74) is 5.09. The second-order valence-electron chi connectivity index (χ2n) is 13.6. The summed E-state index contributed by atoms with van der Waals surface area (Å²) in [6.45, 7) is 3.18. The van der Waals surface area contributed by atoms with E-state index in [0.717, 1.165) is 16.8 Å². The first-order valence-electron chi connectivity index (χ1n) is 19.7. The van der Waals surface area contributed by atoms with Crippen molar-refractivity contribution < 1.29 is 29.7 Å². The number of nitrogens with one attached hydrogen (secondary N) is 3. The lowest BCUT2D eigenvalue weighted by Gasteiger charge is -1.95. The predicted molar refractivity (Wildman–Crippen MR) is 257 cm³/mol. The van der Waals surface area contributed by atoms with E-state index in [-0.39, 0.29) is 41.4 Å². The Morgan fingerprint density at radius 1 is 0.571 bits per heavy atom. The number of rotatable bonds is 11. The number of nitro groups is 5. The van der Waals surface area contributed by atoms with Crippen LogP contribution in [0.4, 0.5) is 29.1 Å². The van der Waals surface area contributed by atoms with Gasteiger partial charge < -0.3 is 74.4 Å². The molecule has 0 spiro atoms. The van der Waals surface area contributed by atoms with E-state index in [1.807, 2.05) is 73.7 Å². The number of aromatic amines is 3. The first-order chi connectivity index (χ1) is 33.4. The lowest BCUT2D eigenvalue weighted by atomic mass is 10.2. The topological polar surface area (TPSA) is 375 Å². The van der Waals surface area contributed by atoms with Gasteiger partial charge in [0.2, 0.25) is 19.0 Å². The average molecular weight is 1030 g/mol. The molecule has 6 aromatic heterocycles. The summed E-state index contributed by atoms with van der Waals surface area (Å²) < 4.78 is 4.66. The number of halogens is 1. The standard InChI is InChI=1S/C12H11N3O2.C11H9N3O2.C5H6BrN3O2.C5H7N3O3.C4H5N3O2.C4H6N2/c1-14-9-13-12(15(16)17)11(14)8-7-10-5-3-2-4-6-10;15-14(16)11-10(12-8-13-11)7-6-9-4-2-1-3-5-9;1-8-3-7-5(9(10)11)4(8)2-6;1-7-3-6-5(8(10)11)4(7)2-9;1-3-4(7(8)9)6-2-5-3;1-4-2-5-3-6-4/h2-9H,1H3;1-8H,(H,12,13);3H,2H2,1H3;3,9H,2H2,1H3;2H,1H3,(H,5,6);2-3H,1H3,(H,5,6)/b8-7+;7-6+;;;;. The van der Waals surface area contributed by atoms with Gasteiger partial charge in [0.25, 0.3) is 0 Å². The molecule has 4 N–H and O–H groups in total. The van der Waals surface area contributed by atoms with Gasteiger partial charge in [-0.25, -0.2) is 24.9 Å². The van der Waals surface area contributed by atoms with Crippen LogP contribution < -0.4 is 0 Å². The molecule has 0 unspecified atom stereocenters. The molecule has 0 bridgehead atoms. The zero-order chi connectivity index (χ0) is 51.8. The third-order valence-corrected chi connectivity index (χ3v) is 9.28. The number of nitrogens with zero attached hydrogens (tertiary/aromatic N) is 14. The maximum absolute atomic E-state index is 10.7. The Morgan fingerprint density at radius 2 is 1.04 bits per heavy atom. The molecule has 366 valence electrons. The zero-order valence-electron chi connectivity index (χ0n) is 37.7. The van der Waals surface area contributed by atoms with E-state index in [0.29, 0.717) is 28.1 Å². The number of aromatic nitrogens is 12. The smallest absolute Gasteiger partial charge is 0.389 e. The highest BCUT2D eigenvalue weighted by Gasteiger charge is 2.19. The van der Waals surface area contributed by atoms with Crippen LogP contribution in [0.1, 0.15) is 45.3 Å². The summed E-state index contributed by atoms with van der Waals surface area (Å²) in [6, 6.07) is 19.1. The van der Waals surface area contributed by atoms with E-state index in [4.69, 9.17) is 5.11 Å². The Morgan fingerprint density at radius 3 is 1.43 bits per heavy atom. The second kappa shape index (κ2) is 27.9. The maximum Gasteiger partial charge on any atom is 0.389 e. The molecule has 0 aliphatic carbocycles. The largest absolute Gasteiger partial charge is 0.390 e. The Labute approximate surface area is 404 Å². The highest BCUT2D eigenvalue weighted by molar-refractivity contribution is 9.08. The van der Waals surface area contributed by atoms with Crippen LogP contribution in [0.5, 0.6) is 0 Å². The van der Waals surface area contributed by atoms with Crippen LogP contribution in [0.3, 0.4) is 0 Å². The van der Waals surface area contributed by atoms with Gasteiger partial charge >= 0.3 is 29.1 Å². The molecule has 8 aromatic rings. The van der Waals surface area contributed by atoms with Crippen molar-refractivity contribution in [1.82, 2.24) is 58.6 Å². The molecule has 0 saturated heterocycles. The molecule has 2 aromatic carbocycles. The number of aryl methyl sites for hydroxylation is 5. The minimum Gasteiger partial charge on any atom is -0.390 e. The van der Waals surface area contributed by atoms with Crippen LogP contribution in [-0.2, 0) is 33.1 Å². The molecule has 70 heavy (non-hydrogen) atoms. The summed E-state index contributed by atoms with van der Waals surface area (Å²) in [5, 5.41) is 61.0. The van der Waals surface area contributed by atoms with Crippen molar-refractivity contribution in [2.45, 2.75) is 25.8 Å². The molecule has 0 aliphatic heterocycles. The molecular weight excluding hydrogens is 986 g/mol. The van der Waals surface area contributed by atoms with Gasteiger partial charge in [0.15, 0.2) is 18.3 Å². The van der Waals surface area contributed by atoms with Crippen LogP contribution in [0, 0.1) is 64.4 Å². The van der Waals surface area contributed by atoms with Crippen molar-refractivity contribution in [3.05, 3.63) is 201 Å². The third-order valence-electron chi connectivity index (χ3n) is 8.75. The molecule has 0 saturated carbocycles. The molecular formula is C41H44BrN17O11. The van der Waals surface area contributed by atoms with Crippen LogP contribution >= 0.6 is 15.9 Å². The number of hydrogen-bond acceptors (Lipinski definition) is 17. The maximum atomic E-state index is 10.7. The van der Waals surface area contributed by atoms with Gasteiger partial charge in [0.1, 0.15) is 22.8 Å². The highest BCUT2D eigenvalue weighted by atomic mass is 79.9. The fourth-order valence-corrected chi connectivity index (χ4v) is 5.85. The van der Waals surface area contributed by atoms with Gasteiger partial charge in [-0.1, -0.05) is 88.7 Å². The van der Waals surface area contributed by atoms with E-state index in [2.05, 4.69) is 60.8 Å². The second-order valence-corrected chi connectivity index (χ2v) is 14.1. The molecule has 0 fully saturated rings. The van der Waals surface area contributed by atoms with Crippen molar-refractivity contribution in [3.8, 4) is 0 Å². The van der Waals surface area contributed by atoms with E-state index in [1.54, 1.807) is 68.0 Å². The van der Waals surface area contributed by atoms with Gasteiger partial charge in [0, 0.05) is 33.0 Å². The fraction of sp³-hybridized carbons (Fsp3) is 0.171. The Hall–Kier alpha value is -9.38. The monoisotopic (exact) mass is 1030 g/mol. The SMILES string of the molecule is Cc1cnc[nH]1.Cc1nc[nH]c1[N+](=O)[O-].Cn1cnc([N+](=O)[O-])c1/C=C/c1ccccc1.Cn1cnc([N+](=O)[O-])c1CBr.Cn1cnc([N+](=O)[O-])c1CO.O=[N+]([O-])c1[nH]cnc1/C=C/c1ccccc1. The molecule has 0 aliphatic rings. The summed E-state index contributed by atoms with van der Waals surface area (Å²) in [4.78, 5) is 79.2. The van der Waals surface area contributed by atoms with Crippen molar-refractivity contribution in [2.24, 2.45) is 21.1 Å². The number of alkyl halides is 1. The molecule has 6 heterocycles. The predicted octanol–water partition coefficient (Wildman–Crippen LogP) is 7.38. The number of benzene rings is 2. The first-order valence-corrected chi connectivity index (χ1v) is 20.9. The van der Waals surface area contributed by atoms with Gasteiger partial charge in [-0.2, -0.15) is 0 Å². The molecule has 29 heteroatoms. The van der Waals surface area contributed by atoms with Gasteiger partial charge in [-0.15, -0.1) is 0 Å². The summed E-state index contributed by atoms with van der Waals surface area (Å²) in [5.74, 6) is -0.610. The van der Waals surface area contributed by atoms with E-state index in [9.17, 15) is 50.6 Å². The molecule has 0 radical (unpaired) electrons. The van der Waals surface area contributed by atoms with E-state index in [1.165, 1.54) is 36.2 Å². The molecule has 0 amide bonds. The van der Waals surface area contributed by atoms with Crippen molar-refractivity contribution in [3.63, 3.8) is 0 Å². The molecule has 8 rings (SSSR count). The van der Waals surface area contributed by atoms with Crippen molar-refractivity contribution in [1.29, 1.82) is 0 Å². The average Bonchev–Trinajstić information content (AvgIpc) is 4.22. The van der Waals surface area contributed by atoms with Crippen molar-refractivity contribution in [2.75, 3.05) is 0 Å². The van der Waals surface area contributed by atoms with Crippen LogP contribution in [-0.4, -0.2) is 88.3 Å².